The lowest BCUT2D eigenvalue weighted by atomic mass is 10.1. The van der Waals surface area contributed by atoms with E-state index < -0.39 is 12.7 Å². The van der Waals surface area contributed by atoms with E-state index in [-0.39, 0.29) is 18.0 Å². The highest BCUT2D eigenvalue weighted by Gasteiger charge is 2.26. The SMILES string of the molecule is CCCCCCCCCOCCCOP(=O)(OC)Oc1ccc([N+](=O)[O-])cc1. The minimum Gasteiger partial charge on any atom is -0.404 e. The summed E-state index contributed by atoms with van der Waals surface area (Å²) in [6.07, 6.45) is 9.24. The van der Waals surface area contributed by atoms with E-state index in [4.69, 9.17) is 18.3 Å². The average molecular weight is 417 g/mol. The molecule has 0 bridgehead atoms. The first-order valence-electron chi connectivity index (χ1n) is 9.83. The molecule has 28 heavy (non-hydrogen) atoms. The molecule has 9 heteroatoms. The number of nitro benzene ring substituents is 1. The third-order valence-electron chi connectivity index (χ3n) is 4.06. The van der Waals surface area contributed by atoms with E-state index >= 15 is 0 Å². The van der Waals surface area contributed by atoms with Crippen molar-refractivity contribution in [1.82, 2.24) is 0 Å². The Kier molecular flexibility index (Phi) is 12.7. The molecule has 1 rings (SSSR count). The molecule has 0 radical (unpaired) electrons. The Morgan fingerprint density at radius 2 is 1.54 bits per heavy atom. The molecule has 0 heterocycles. The molecule has 1 aromatic rings. The summed E-state index contributed by atoms with van der Waals surface area (Å²) in [5.41, 5.74) is -0.0846. The molecule has 1 aromatic carbocycles. The van der Waals surface area contributed by atoms with Crippen LogP contribution >= 0.6 is 7.82 Å². The number of nitrogens with zero attached hydrogens (tertiary/aromatic N) is 1. The zero-order valence-electron chi connectivity index (χ0n) is 16.8. The summed E-state index contributed by atoms with van der Waals surface area (Å²) < 4.78 is 33.3. The van der Waals surface area contributed by atoms with Gasteiger partial charge in [0.2, 0.25) is 0 Å². The third kappa shape index (κ3) is 10.8. The Bertz CT molecular complexity index is 594. The van der Waals surface area contributed by atoms with Crippen molar-refractivity contribution in [2.45, 2.75) is 58.3 Å². The van der Waals surface area contributed by atoms with E-state index in [1.807, 2.05) is 0 Å². The summed E-state index contributed by atoms with van der Waals surface area (Å²) in [6.45, 7) is 3.60. The number of phosphoric acid groups is 1. The van der Waals surface area contributed by atoms with Gasteiger partial charge in [-0.3, -0.25) is 19.2 Å². The second kappa shape index (κ2) is 14.5. The lowest BCUT2D eigenvalue weighted by Crippen LogP contribution is -2.05. The summed E-state index contributed by atoms with van der Waals surface area (Å²) in [5, 5.41) is 10.6. The van der Waals surface area contributed by atoms with Crippen LogP contribution in [0.15, 0.2) is 24.3 Å². The normalized spacial score (nSPS) is 13.2. The summed E-state index contributed by atoms with van der Waals surface area (Å²) in [5.74, 6) is 0.172. The van der Waals surface area contributed by atoms with Crippen LogP contribution in [0.3, 0.4) is 0 Å². The highest BCUT2D eigenvalue weighted by atomic mass is 31.2. The van der Waals surface area contributed by atoms with E-state index in [1.54, 1.807) is 0 Å². The van der Waals surface area contributed by atoms with Gasteiger partial charge in [-0.25, -0.2) is 4.57 Å². The molecular weight excluding hydrogens is 385 g/mol. The molecule has 0 aliphatic carbocycles. The van der Waals surface area contributed by atoms with Crippen molar-refractivity contribution in [3.63, 3.8) is 0 Å². The quantitative estimate of drug-likeness (QED) is 0.135. The average Bonchev–Trinajstić information content (AvgIpc) is 2.69. The Morgan fingerprint density at radius 1 is 0.929 bits per heavy atom. The molecule has 0 aromatic heterocycles. The number of nitro groups is 1. The number of phosphoric ester groups is 1. The predicted molar refractivity (Wildman–Crippen MR) is 108 cm³/mol. The summed E-state index contributed by atoms with van der Waals surface area (Å²) in [4.78, 5) is 10.1. The van der Waals surface area contributed by atoms with Gasteiger partial charge >= 0.3 is 7.82 Å². The standard InChI is InChI=1S/C19H32NO7P/c1-3-4-5-6-7-8-9-15-25-16-10-17-26-28(23,24-2)27-19-13-11-18(12-14-19)20(21)22/h11-14H,3-10,15-17H2,1-2H3. The van der Waals surface area contributed by atoms with Crippen molar-refractivity contribution in [1.29, 1.82) is 0 Å². The van der Waals surface area contributed by atoms with Gasteiger partial charge in [0.05, 0.1) is 11.5 Å². The van der Waals surface area contributed by atoms with Crippen LogP contribution in [0.25, 0.3) is 0 Å². The van der Waals surface area contributed by atoms with Crippen molar-refractivity contribution >= 4 is 13.5 Å². The van der Waals surface area contributed by atoms with Crippen LogP contribution in [-0.4, -0.2) is 31.9 Å². The summed E-state index contributed by atoms with van der Waals surface area (Å²) in [7, 11) is -2.54. The first kappa shape index (κ1) is 24.6. The summed E-state index contributed by atoms with van der Waals surface area (Å²) >= 11 is 0. The van der Waals surface area contributed by atoms with Crippen molar-refractivity contribution in [3.8, 4) is 5.75 Å². The Morgan fingerprint density at radius 3 is 2.14 bits per heavy atom. The number of unbranched alkanes of at least 4 members (excludes halogenated alkanes) is 6. The van der Waals surface area contributed by atoms with Crippen LogP contribution < -0.4 is 4.52 Å². The Hall–Kier alpha value is -1.47. The number of benzene rings is 1. The zero-order valence-corrected chi connectivity index (χ0v) is 17.7. The first-order valence-corrected chi connectivity index (χ1v) is 11.3. The number of rotatable bonds is 17. The molecule has 160 valence electrons. The Labute approximate surface area is 167 Å². The highest BCUT2D eigenvalue weighted by molar-refractivity contribution is 7.48. The molecule has 0 fully saturated rings. The largest absolute Gasteiger partial charge is 0.529 e. The highest BCUT2D eigenvalue weighted by Crippen LogP contribution is 2.48. The molecule has 0 N–H and O–H groups in total. The van der Waals surface area contributed by atoms with Crippen LogP contribution in [-0.2, 0) is 18.3 Å². The van der Waals surface area contributed by atoms with Crippen molar-refractivity contribution in [2.24, 2.45) is 0 Å². The van der Waals surface area contributed by atoms with Crippen LogP contribution in [0.2, 0.25) is 0 Å². The Balaban J connectivity index is 2.14. The van der Waals surface area contributed by atoms with Crippen LogP contribution in [0.5, 0.6) is 5.75 Å². The third-order valence-corrected chi connectivity index (χ3v) is 5.44. The van der Waals surface area contributed by atoms with Crippen LogP contribution in [0.4, 0.5) is 5.69 Å². The van der Waals surface area contributed by atoms with E-state index in [2.05, 4.69) is 6.92 Å². The van der Waals surface area contributed by atoms with E-state index in [0.717, 1.165) is 13.0 Å². The van der Waals surface area contributed by atoms with Gasteiger partial charge in [-0.1, -0.05) is 45.4 Å². The van der Waals surface area contributed by atoms with Gasteiger partial charge in [0.25, 0.3) is 5.69 Å². The molecule has 0 saturated heterocycles. The minimum absolute atomic E-state index is 0.0846. The van der Waals surface area contributed by atoms with Crippen LogP contribution in [0.1, 0.15) is 58.3 Å². The first-order chi connectivity index (χ1) is 13.5. The van der Waals surface area contributed by atoms with Gasteiger partial charge in [-0.15, -0.1) is 0 Å². The molecule has 1 unspecified atom stereocenters. The predicted octanol–water partition coefficient (Wildman–Crippen LogP) is 5.90. The maximum Gasteiger partial charge on any atom is 0.529 e. The number of ether oxygens (including phenoxy) is 1. The topological polar surface area (TPSA) is 97.1 Å². The second-order valence-corrected chi connectivity index (χ2v) is 8.09. The number of non-ortho nitro benzene ring substituents is 1. The van der Waals surface area contributed by atoms with Gasteiger partial charge < -0.3 is 9.26 Å². The van der Waals surface area contributed by atoms with E-state index in [1.165, 1.54) is 69.9 Å². The zero-order chi connectivity index (χ0) is 20.7. The van der Waals surface area contributed by atoms with Crippen molar-refractivity contribution < 1.29 is 27.8 Å². The van der Waals surface area contributed by atoms with E-state index in [0.29, 0.717) is 13.0 Å². The monoisotopic (exact) mass is 417 g/mol. The lowest BCUT2D eigenvalue weighted by Gasteiger charge is -2.16. The van der Waals surface area contributed by atoms with Crippen molar-refractivity contribution in [2.75, 3.05) is 26.9 Å². The lowest BCUT2D eigenvalue weighted by molar-refractivity contribution is -0.384. The fourth-order valence-electron chi connectivity index (χ4n) is 2.47. The van der Waals surface area contributed by atoms with Gasteiger partial charge in [0.1, 0.15) is 5.75 Å². The number of hydrogen-bond acceptors (Lipinski definition) is 7. The smallest absolute Gasteiger partial charge is 0.404 e. The molecule has 1 atom stereocenters. The minimum atomic E-state index is -3.77. The second-order valence-electron chi connectivity index (χ2n) is 6.39. The maximum absolute atomic E-state index is 12.4. The molecular formula is C19H32NO7P. The molecule has 8 nitrogen and oxygen atoms in total. The van der Waals surface area contributed by atoms with Gasteiger partial charge in [-0.05, 0) is 25.0 Å². The van der Waals surface area contributed by atoms with Gasteiger partial charge in [-0.2, -0.15) is 0 Å². The van der Waals surface area contributed by atoms with Crippen LogP contribution in [0, 0.1) is 10.1 Å². The number of hydrogen-bond donors (Lipinski definition) is 0. The maximum atomic E-state index is 12.4. The van der Waals surface area contributed by atoms with Crippen molar-refractivity contribution in [3.05, 3.63) is 34.4 Å². The molecule has 0 saturated carbocycles. The van der Waals surface area contributed by atoms with E-state index in [9.17, 15) is 14.7 Å². The summed E-state index contributed by atoms with van der Waals surface area (Å²) in [6, 6.07) is 5.21. The molecule has 0 spiro atoms. The van der Waals surface area contributed by atoms with Gasteiger partial charge in [0.15, 0.2) is 0 Å². The molecule has 0 aliphatic rings. The van der Waals surface area contributed by atoms with Gasteiger partial charge in [0, 0.05) is 32.5 Å². The molecule has 0 aliphatic heterocycles. The fourth-order valence-corrected chi connectivity index (χ4v) is 3.44. The fraction of sp³-hybridized carbons (Fsp3) is 0.684. The molecule has 0 amide bonds.